The van der Waals surface area contributed by atoms with Crippen molar-refractivity contribution in [2.45, 2.75) is 24.8 Å². The van der Waals surface area contributed by atoms with Crippen LogP contribution in [0.3, 0.4) is 0 Å². The van der Waals surface area contributed by atoms with Gasteiger partial charge in [-0.25, -0.2) is 4.98 Å². The van der Waals surface area contributed by atoms with Gasteiger partial charge >= 0.3 is 0 Å². The van der Waals surface area contributed by atoms with E-state index >= 15 is 0 Å². The van der Waals surface area contributed by atoms with Crippen molar-refractivity contribution in [2.75, 3.05) is 0 Å². The molecule has 0 aliphatic carbocycles. The Labute approximate surface area is 156 Å². The first-order valence-corrected chi connectivity index (χ1v) is 9.29. The van der Waals surface area contributed by atoms with E-state index in [1.807, 2.05) is 48.6 Å². The maximum absolute atomic E-state index is 5.76. The summed E-state index contributed by atoms with van der Waals surface area (Å²) in [5, 5.41) is 17.3. The maximum Gasteiger partial charge on any atom is 0.256 e. The first-order valence-electron chi connectivity index (χ1n) is 7.51. The Morgan fingerprint density at radius 1 is 1.12 bits per heavy atom. The van der Waals surface area contributed by atoms with E-state index in [1.165, 1.54) is 11.8 Å². The van der Waals surface area contributed by atoms with Crippen molar-refractivity contribution < 1.29 is 4.42 Å². The van der Waals surface area contributed by atoms with Crippen molar-refractivity contribution in [1.29, 1.82) is 0 Å². The summed E-state index contributed by atoms with van der Waals surface area (Å²) in [4.78, 5) is 4.39. The molecule has 0 atom stereocenters. The Balaban J connectivity index is 1.56. The summed E-state index contributed by atoms with van der Waals surface area (Å²) >= 11 is 4.98. The molecule has 0 saturated heterocycles. The fourth-order valence-corrected chi connectivity index (χ4v) is 3.75. The molecule has 0 bridgehead atoms. The molecule has 7 nitrogen and oxygen atoms in total. The average molecular weight is 417 g/mol. The predicted molar refractivity (Wildman–Crippen MR) is 97.3 cm³/mol. The van der Waals surface area contributed by atoms with Crippen LogP contribution in [-0.4, -0.2) is 29.8 Å². The van der Waals surface area contributed by atoms with E-state index in [0.29, 0.717) is 23.3 Å². The molecular formula is C16H13BrN6OS. The Morgan fingerprint density at radius 2 is 1.96 bits per heavy atom. The molecule has 126 valence electrons. The van der Waals surface area contributed by atoms with Crippen molar-refractivity contribution in [3.63, 3.8) is 0 Å². The molecule has 25 heavy (non-hydrogen) atoms. The lowest BCUT2D eigenvalue weighted by Crippen LogP contribution is -1.97. The summed E-state index contributed by atoms with van der Waals surface area (Å²) in [6.07, 6.45) is 0. The van der Waals surface area contributed by atoms with Crippen LogP contribution in [0.2, 0.25) is 0 Å². The third kappa shape index (κ3) is 3.16. The molecule has 0 N–H and O–H groups in total. The van der Waals surface area contributed by atoms with Crippen LogP contribution in [0.5, 0.6) is 0 Å². The van der Waals surface area contributed by atoms with Crippen LogP contribution in [0.15, 0.2) is 44.4 Å². The minimum Gasteiger partial charge on any atom is -0.420 e. The van der Waals surface area contributed by atoms with Gasteiger partial charge in [0.15, 0.2) is 5.16 Å². The van der Waals surface area contributed by atoms with Crippen LogP contribution >= 0.6 is 27.7 Å². The van der Waals surface area contributed by atoms with Gasteiger partial charge in [0.1, 0.15) is 0 Å². The predicted octanol–water partition coefficient (Wildman–Crippen LogP) is 3.85. The molecule has 0 aliphatic rings. The third-order valence-electron chi connectivity index (χ3n) is 3.56. The molecule has 0 saturated carbocycles. The lowest BCUT2D eigenvalue weighted by molar-refractivity contribution is 0.528. The monoisotopic (exact) mass is 416 g/mol. The molecular weight excluding hydrogens is 404 g/mol. The molecule has 0 amide bonds. The smallest absolute Gasteiger partial charge is 0.256 e. The Hall–Kier alpha value is -2.26. The molecule has 3 aromatic heterocycles. The number of halogens is 1. The zero-order valence-electron chi connectivity index (χ0n) is 13.5. The molecule has 0 radical (unpaired) electrons. The zero-order valence-corrected chi connectivity index (χ0v) is 15.9. The fraction of sp³-hybridized carbons (Fsp3) is 0.188. The number of hydrogen-bond acceptors (Lipinski definition) is 7. The van der Waals surface area contributed by atoms with Crippen molar-refractivity contribution in [1.82, 2.24) is 29.8 Å². The van der Waals surface area contributed by atoms with E-state index in [0.717, 1.165) is 26.6 Å². The van der Waals surface area contributed by atoms with Gasteiger partial charge in [-0.2, -0.15) is 0 Å². The summed E-state index contributed by atoms with van der Waals surface area (Å²) in [6, 6.07) is 9.73. The maximum atomic E-state index is 5.76. The fourth-order valence-electron chi connectivity index (χ4n) is 2.48. The summed E-state index contributed by atoms with van der Waals surface area (Å²) < 4.78 is 8.60. The molecule has 0 spiro atoms. The largest absolute Gasteiger partial charge is 0.420 e. The molecule has 0 aliphatic heterocycles. The molecule has 3 heterocycles. The van der Waals surface area contributed by atoms with E-state index in [9.17, 15) is 0 Å². The molecule has 1 aromatic carbocycles. The second kappa shape index (κ2) is 6.57. The number of thioether (sulfide) groups is 1. The lowest BCUT2D eigenvalue weighted by atomic mass is 10.2. The number of benzene rings is 1. The van der Waals surface area contributed by atoms with E-state index in [-0.39, 0.29) is 0 Å². The van der Waals surface area contributed by atoms with Crippen LogP contribution in [0.4, 0.5) is 0 Å². The highest BCUT2D eigenvalue weighted by atomic mass is 79.9. The number of fused-ring (bicyclic) bond motifs is 1. The highest BCUT2D eigenvalue weighted by Gasteiger charge is 2.14. The Morgan fingerprint density at radius 3 is 2.80 bits per heavy atom. The number of aryl methyl sites for hydroxylation is 2. The van der Waals surface area contributed by atoms with E-state index in [4.69, 9.17) is 4.42 Å². The lowest BCUT2D eigenvalue weighted by Gasteiger charge is -2.02. The molecule has 4 rings (SSSR count). The van der Waals surface area contributed by atoms with Gasteiger partial charge in [-0.05, 0) is 48.0 Å². The molecule has 4 aromatic rings. The Bertz CT molecular complexity index is 1060. The SMILES string of the molecule is Cc1cc(C)n2c(SCc3nnc(-c4ccccc4Br)o3)nnc2n1. The van der Waals surface area contributed by atoms with Gasteiger partial charge in [0, 0.05) is 15.9 Å². The van der Waals surface area contributed by atoms with Crippen molar-refractivity contribution in [3.05, 3.63) is 52.1 Å². The first kappa shape index (κ1) is 16.2. The standard InChI is InChI=1S/C16H13BrN6OS/c1-9-7-10(2)23-15(18-9)21-22-16(23)25-8-13-19-20-14(24-13)11-5-3-4-6-12(11)17/h3-7H,8H2,1-2H3. The van der Waals surface area contributed by atoms with Gasteiger partial charge in [0.2, 0.25) is 11.8 Å². The second-order valence-corrected chi connectivity index (χ2v) is 7.22. The number of aromatic nitrogens is 6. The highest BCUT2D eigenvalue weighted by Crippen LogP contribution is 2.28. The molecule has 0 unspecified atom stereocenters. The van der Waals surface area contributed by atoms with Gasteiger partial charge in [-0.15, -0.1) is 20.4 Å². The van der Waals surface area contributed by atoms with Crippen molar-refractivity contribution in [2.24, 2.45) is 0 Å². The molecule has 9 heteroatoms. The number of nitrogens with zero attached hydrogens (tertiary/aromatic N) is 6. The topological polar surface area (TPSA) is 82.0 Å². The van der Waals surface area contributed by atoms with E-state index in [1.54, 1.807) is 0 Å². The summed E-state index contributed by atoms with van der Waals surface area (Å²) in [6.45, 7) is 3.95. The van der Waals surface area contributed by atoms with Gasteiger partial charge < -0.3 is 4.42 Å². The van der Waals surface area contributed by atoms with Crippen LogP contribution in [0, 0.1) is 13.8 Å². The van der Waals surface area contributed by atoms with Gasteiger partial charge in [-0.3, -0.25) is 4.40 Å². The summed E-state index contributed by atoms with van der Waals surface area (Å²) in [5.41, 5.74) is 2.83. The van der Waals surface area contributed by atoms with Gasteiger partial charge in [-0.1, -0.05) is 23.9 Å². The summed E-state index contributed by atoms with van der Waals surface area (Å²) in [7, 11) is 0. The van der Waals surface area contributed by atoms with Crippen LogP contribution in [0.1, 0.15) is 17.3 Å². The zero-order chi connectivity index (χ0) is 17.4. The van der Waals surface area contributed by atoms with Crippen LogP contribution < -0.4 is 0 Å². The highest BCUT2D eigenvalue weighted by molar-refractivity contribution is 9.10. The normalized spacial score (nSPS) is 11.3. The van der Waals surface area contributed by atoms with Crippen molar-refractivity contribution in [3.8, 4) is 11.5 Å². The Kier molecular flexibility index (Phi) is 4.26. The van der Waals surface area contributed by atoms with Crippen LogP contribution in [0.25, 0.3) is 17.2 Å². The van der Waals surface area contributed by atoms with Crippen LogP contribution in [-0.2, 0) is 5.75 Å². The molecule has 0 fully saturated rings. The van der Waals surface area contributed by atoms with E-state index in [2.05, 4.69) is 41.3 Å². The van der Waals surface area contributed by atoms with Crippen molar-refractivity contribution >= 4 is 33.5 Å². The second-order valence-electron chi connectivity index (χ2n) is 5.43. The average Bonchev–Trinajstić information content (AvgIpc) is 3.20. The number of hydrogen-bond donors (Lipinski definition) is 0. The minimum atomic E-state index is 0.489. The number of rotatable bonds is 4. The van der Waals surface area contributed by atoms with Gasteiger partial charge in [0.05, 0.1) is 11.3 Å². The van der Waals surface area contributed by atoms with Gasteiger partial charge in [0.25, 0.3) is 5.78 Å². The van der Waals surface area contributed by atoms with E-state index < -0.39 is 0 Å². The first-order chi connectivity index (χ1) is 12.1. The third-order valence-corrected chi connectivity index (χ3v) is 5.16. The summed E-state index contributed by atoms with van der Waals surface area (Å²) in [5.74, 6) is 2.12. The minimum absolute atomic E-state index is 0.489. The quantitative estimate of drug-likeness (QED) is 0.467.